The number of nitrogens with one attached hydrogen (secondary N) is 1. The Morgan fingerprint density at radius 1 is 1.18 bits per heavy atom. The van der Waals surface area contributed by atoms with Crippen molar-refractivity contribution in [2.75, 3.05) is 6.54 Å². The number of halogens is 3. The standard InChI is InChI=1S/C23H23BrClFN4O3/c1-13(2)29(11-18(31)28-10-14-6-5-8-16(25)21(14)26)19(32)12-30-17-9-4-3-7-15(17)20(22(30)24)23(27)33/h3-9,13H,10-12H2,1-2H3,(H2,27,33)(H,28,31). The smallest absolute Gasteiger partial charge is 0.252 e. The summed E-state index contributed by atoms with van der Waals surface area (Å²) in [6.45, 7) is 3.21. The van der Waals surface area contributed by atoms with Gasteiger partial charge in [0.05, 0.1) is 27.3 Å². The molecule has 10 heteroatoms. The van der Waals surface area contributed by atoms with Gasteiger partial charge in [0.25, 0.3) is 5.91 Å². The number of hydrogen-bond acceptors (Lipinski definition) is 3. The van der Waals surface area contributed by atoms with Gasteiger partial charge in [0.15, 0.2) is 0 Å². The van der Waals surface area contributed by atoms with Crippen molar-refractivity contribution in [1.82, 2.24) is 14.8 Å². The molecule has 0 unspecified atom stereocenters. The van der Waals surface area contributed by atoms with Crippen LogP contribution in [0.15, 0.2) is 47.1 Å². The molecule has 7 nitrogen and oxygen atoms in total. The molecule has 1 heterocycles. The SMILES string of the molecule is CC(C)N(CC(=O)NCc1cccc(Cl)c1F)C(=O)Cn1c(Br)c(C(N)=O)c2ccccc21. The van der Waals surface area contributed by atoms with Crippen molar-refractivity contribution < 1.29 is 18.8 Å². The van der Waals surface area contributed by atoms with Gasteiger partial charge < -0.3 is 20.5 Å². The third kappa shape index (κ3) is 5.36. The number of benzene rings is 2. The molecule has 1 aromatic heterocycles. The summed E-state index contributed by atoms with van der Waals surface area (Å²) in [6, 6.07) is 11.4. The number of carbonyl (C=O) groups excluding carboxylic acids is 3. The average molecular weight is 538 g/mol. The second-order valence-corrected chi connectivity index (χ2v) is 8.90. The maximum atomic E-state index is 14.0. The number of amides is 3. The van der Waals surface area contributed by atoms with Gasteiger partial charge in [-0.05, 0) is 41.9 Å². The van der Waals surface area contributed by atoms with Crippen LogP contribution in [0.1, 0.15) is 29.8 Å². The fourth-order valence-electron chi connectivity index (χ4n) is 3.54. The second-order valence-electron chi connectivity index (χ2n) is 7.74. The topological polar surface area (TPSA) is 97.4 Å². The molecule has 0 aliphatic carbocycles. The van der Waals surface area contributed by atoms with Gasteiger partial charge in [-0.2, -0.15) is 0 Å². The van der Waals surface area contributed by atoms with E-state index in [1.807, 2.05) is 0 Å². The van der Waals surface area contributed by atoms with E-state index in [0.29, 0.717) is 15.5 Å². The summed E-state index contributed by atoms with van der Waals surface area (Å²) in [4.78, 5) is 39.0. The number of nitrogens with two attached hydrogens (primary N) is 1. The first-order valence-electron chi connectivity index (χ1n) is 10.2. The molecule has 3 rings (SSSR count). The first-order chi connectivity index (χ1) is 15.6. The number of para-hydroxylation sites is 1. The largest absolute Gasteiger partial charge is 0.365 e. The van der Waals surface area contributed by atoms with E-state index in [0.717, 1.165) is 0 Å². The Labute approximate surface area is 203 Å². The lowest BCUT2D eigenvalue weighted by Gasteiger charge is -2.27. The monoisotopic (exact) mass is 536 g/mol. The Balaban J connectivity index is 1.76. The van der Waals surface area contributed by atoms with Gasteiger partial charge in [-0.3, -0.25) is 14.4 Å². The fourth-order valence-corrected chi connectivity index (χ4v) is 4.45. The van der Waals surface area contributed by atoms with Crippen LogP contribution in [0, 0.1) is 5.82 Å². The van der Waals surface area contributed by atoms with Crippen molar-refractivity contribution in [1.29, 1.82) is 0 Å². The molecule has 0 radical (unpaired) electrons. The van der Waals surface area contributed by atoms with Gasteiger partial charge in [-0.15, -0.1) is 0 Å². The van der Waals surface area contributed by atoms with Crippen molar-refractivity contribution in [3.05, 3.63) is 69.0 Å². The van der Waals surface area contributed by atoms with E-state index in [2.05, 4.69) is 21.2 Å². The van der Waals surface area contributed by atoms with Crippen LogP contribution in [0.25, 0.3) is 10.9 Å². The minimum Gasteiger partial charge on any atom is -0.365 e. The maximum Gasteiger partial charge on any atom is 0.252 e. The summed E-state index contributed by atoms with van der Waals surface area (Å²) in [5, 5.41) is 3.22. The second kappa shape index (κ2) is 10.4. The third-order valence-corrected chi connectivity index (χ3v) is 6.33. The summed E-state index contributed by atoms with van der Waals surface area (Å²) in [7, 11) is 0. The zero-order chi connectivity index (χ0) is 24.3. The summed E-state index contributed by atoms with van der Waals surface area (Å²) in [5.74, 6) is -1.97. The number of carbonyl (C=O) groups is 3. The van der Waals surface area contributed by atoms with E-state index in [9.17, 15) is 18.8 Å². The Kier molecular flexibility index (Phi) is 7.76. The third-order valence-electron chi connectivity index (χ3n) is 5.21. The zero-order valence-corrected chi connectivity index (χ0v) is 20.4. The molecule has 0 aliphatic heterocycles. The Morgan fingerprint density at radius 2 is 1.88 bits per heavy atom. The van der Waals surface area contributed by atoms with Crippen LogP contribution in [0.3, 0.4) is 0 Å². The lowest BCUT2D eigenvalue weighted by molar-refractivity contribution is -0.138. The number of rotatable bonds is 8. The summed E-state index contributed by atoms with van der Waals surface area (Å²) < 4.78 is 16.1. The predicted molar refractivity (Wildman–Crippen MR) is 128 cm³/mol. The van der Waals surface area contributed by atoms with E-state index in [1.54, 1.807) is 48.7 Å². The summed E-state index contributed by atoms with van der Waals surface area (Å²) in [6.07, 6.45) is 0. The first kappa shape index (κ1) is 24.7. The van der Waals surface area contributed by atoms with Gasteiger partial charge in [0.1, 0.15) is 12.4 Å². The van der Waals surface area contributed by atoms with Crippen LogP contribution in [-0.4, -0.2) is 39.8 Å². The lowest BCUT2D eigenvalue weighted by Crippen LogP contribution is -2.45. The highest BCUT2D eigenvalue weighted by Gasteiger charge is 2.25. The van der Waals surface area contributed by atoms with Crippen molar-refractivity contribution in [3.63, 3.8) is 0 Å². The van der Waals surface area contributed by atoms with E-state index < -0.39 is 17.6 Å². The highest BCUT2D eigenvalue weighted by Crippen LogP contribution is 2.30. The number of hydrogen-bond donors (Lipinski definition) is 2. The Bertz CT molecular complexity index is 1230. The van der Waals surface area contributed by atoms with Gasteiger partial charge in [-0.25, -0.2) is 4.39 Å². The summed E-state index contributed by atoms with van der Waals surface area (Å²) >= 11 is 9.16. The van der Waals surface area contributed by atoms with Crippen LogP contribution in [-0.2, 0) is 22.7 Å². The number of primary amides is 1. The molecule has 33 heavy (non-hydrogen) atoms. The predicted octanol–water partition coefficient (Wildman–Crippen LogP) is 3.85. The van der Waals surface area contributed by atoms with Crippen LogP contribution in [0.5, 0.6) is 0 Å². The van der Waals surface area contributed by atoms with Crippen molar-refractivity contribution >= 4 is 56.2 Å². The number of fused-ring (bicyclic) bond motifs is 1. The quantitative estimate of drug-likeness (QED) is 0.457. The molecule has 2 aromatic carbocycles. The number of aromatic nitrogens is 1. The molecular weight excluding hydrogens is 515 g/mol. The number of nitrogens with zero attached hydrogens (tertiary/aromatic N) is 2. The average Bonchev–Trinajstić information content (AvgIpc) is 3.04. The first-order valence-corrected chi connectivity index (χ1v) is 11.3. The molecule has 3 aromatic rings. The molecule has 0 saturated carbocycles. The van der Waals surface area contributed by atoms with Crippen LogP contribution in [0.2, 0.25) is 5.02 Å². The molecule has 0 bridgehead atoms. The zero-order valence-electron chi connectivity index (χ0n) is 18.1. The molecule has 0 aliphatic rings. The van der Waals surface area contributed by atoms with Crippen molar-refractivity contribution in [2.45, 2.75) is 33.0 Å². The molecule has 0 saturated heterocycles. The molecule has 0 atom stereocenters. The molecule has 3 amide bonds. The Hall–Kier alpha value is -2.91. The van der Waals surface area contributed by atoms with E-state index in [1.165, 1.54) is 17.0 Å². The van der Waals surface area contributed by atoms with Crippen molar-refractivity contribution in [3.8, 4) is 0 Å². The van der Waals surface area contributed by atoms with Gasteiger partial charge in [0, 0.05) is 23.5 Å². The minimum atomic E-state index is -0.613. The van der Waals surface area contributed by atoms with E-state index in [4.69, 9.17) is 17.3 Å². The highest BCUT2D eigenvalue weighted by molar-refractivity contribution is 9.10. The van der Waals surface area contributed by atoms with Crippen LogP contribution < -0.4 is 11.1 Å². The van der Waals surface area contributed by atoms with Gasteiger partial charge >= 0.3 is 0 Å². The molecule has 174 valence electrons. The molecule has 0 fully saturated rings. The van der Waals surface area contributed by atoms with Gasteiger partial charge in [0.2, 0.25) is 11.8 Å². The van der Waals surface area contributed by atoms with Crippen LogP contribution >= 0.6 is 27.5 Å². The minimum absolute atomic E-state index is 0.0272. The maximum absolute atomic E-state index is 14.0. The fraction of sp³-hybridized carbons (Fsp3) is 0.261. The van der Waals surface area contributed by atoms with Crippen molar-refractivity contribution in [2.24, 2.45) is 5.73 Å². The Morgan fingerprint density at radius 3 is 2.55 bits per heavy atom. The lowest BCUT2D eigenvalue weighted by atomic mass is 10.2. The van der Waals surface area contributed by atoms with E-state index in [-0.39, 0.29) is 47.7 Å². The normalized spacial score (nSPS) is 11.1. The molecule has 0 spiro atoms. The summed E-state index contributed by atoms with van der Waals surface area (Å²) in [5.41, 5.74) is 6.74. The van der Waals surface area contributed by atoms with Crippen LogP contribution in [0.4, 0.5) is 4.39 Å². The van der Waals surface area contributed by atoms with Gasteiger partial charge in [-0.1, -0.05) is 41.9 Å². The molecule has 3 N–H and O–H groups in total. The van der Waals surface area contributed by atoms with E-state index >= 15 is 0 Å². The highest BCUT2D eigenvalue weighted by atomic mass is 79.9. The molecular formula is C23H23BrClFN4O3.